The van der Waals surface area contributed by atoms with Gasteiger partial charge in [0.15, 0.2) is 0 Å². The maximum Gasteiger partial charge on any atom is 0.236 e. The highest BCUT2D eigenvalue weighted by Crippen LogP contribution is 2.15. The molecular weight excluding hydrogens is 236 g/mol. The van der Waals surface area contributed by atoms with Crippen LogP contribution in [-0.2, 0) is 11.2 Å². The molecule has 1 N–H and O–H groups in total. The van der Waals surface area contributed by atoms with Crippen molar-refractivity contribution in [2.75, 3.05) is 26.2 Å². The number of benzene rings is 1. The van der Waals surface area contributed by atoms with Crippen molar-refractivity contribution in [2.45, 2.75) is 12.8 Å². The Morgan fingerprint density at radius 2 is 2.18 bits per heavy atom. The van der Waals surface area contributed by atoms with Crippen LogP contribution in [0.15, 0.2) is 24.3 Å². The lowest BCUT2D eigenvalue weighted by molar-refractivity contribution is -0.129. The molecule has 0 spiro atoms. The van der Waals surface area contributed by atoms with Crippen LogP contribution in [0.5, 0.6) is 0 Å². The van der Waals surface area contributed by atoms with E-state index in [1.54, 1.807) is 0 Å². The van der Waals surface area contributed by atoms with Gasteiger partial charge >= 0.3 is 0 Å². The van der Waals surface area contributed by atoms with Gasteiger partial charge in [-0.15, -0.1) is 0 Å². The molecule has 17 heavy (non-hydrogen) atoms. The Balaban J connectivity index is 1.93. The highest BCUT2D eigenvalue weighted by molar-refractivity contribution is 6.31. The highest BCUT2D eigenvalue weighted by Gasteiger charge is 2.15. The number of hydrogen-bond donors (Lipinski definition) is 1. The number of carbonyl (C=O) groups is 1. The molecule has 1 aliphatic rings. The van der Waals surface area contributed by atoms with Gasteiger partial charge in [-0.05, 0) is 31.0 Å². The van der Waals surface area contributed by atoms with Crippen molar-refractivity contribution in [2.24, 2.45) is 0 Å². The van der Waals surface area contributed by atoms with Crippen LogP contribution in [0, 0.1) is 0 Å². The fourth-order valence-electron chi connectivity index (χ4n) is 2.02. The van der Waals surface area contributed by atoms with Crippen LogP contribution in [-0.4, -0.2) is 37.0 Å². The molecule has 0 saturated carbocycles. The van der Waals surface area contributed by atoms with E-state index in [0.29, 0.717) is 6.54 Å². The summed E-state index contributed by atoms with van der Waals surface area (Å²) >= 11 is 6.09. The van der Waals surface area contributed by atoms with Crippen molar-refractivity contribution in [3.63, 3.8) is 0 Å². The summed E-state index contributed by atoms with van der Waals surface area (Å²) in [4.78, 5) is 13.7. The lowest BCUT2D eigenvalue weighted by atomic mass is 10.1. The largest absolute Gasteiger partial charge is 0.341 e. The van der Waals surface area contributed by atoms with Crippen LogP contribution >= 0.6 is 11.6 Å². The lowest BCUT2D eigenvalue weighted by Gasteiger charge is -2.20. The number of carbonyl (C=O) groups excluding carboxylic acids is 1. The summed E-state index contributed by atoms with van der Waals surface area (Å²) in [6.45, 7) is 2.98. The SMILES string of the molecule is O=C1CNCCCN1CCc1ccccc1Cl. The van der Waals surface area contributed by atoms with E-state index in [9.17, 15) is 4.79 Å². The molecule has 92 valence electrons. The maximum absolute atomic E-state index is 11.8. The minimum atomic E-state index is 0.189. The minimum Gasteiger partial charge on any atom is -0.341 e. The fourth-order valence-corrected chi connectivity index (χ4v) is 2.25. The van der Waals surface area contributed by atoms with Crippen LogP contribution < -0.4 is 5.32 Å². The third-order valence-electron chi connectivity index (χ3n) is 3.02. The van der Waals surface area contributed by atoms with E-state index in [0.717, 1.165) is 43.1 Å². The predicted molar refractivity (Wildman–Crippen MR) is 69.2 cm³/mol. The summed E-state index contributed by atoms with van der Waals surface area (Å²) in [6, 6.07) is 7.81. The van der Waals surface area contributed by atoms with Crippen LogP contribution in [0.25, 0.3) is 0 Å². The van der Waals surface area contributed by atoms with Gasteiger partial charge in [0.2, 0.25) is 5.91 Å². The summed E-state index contributed by atoms with van der Waals surface area (Å²) in [5.74, 6) is 0.189. The summed E-state index contributed by atoms with van der Waals surface area (Å²) < 4.78 is 0. The van der Waals surface area contributed by atoms with Crippen LogP contribution in [0.2, 0.25) is 5.02 Å². The summed E-state index contributed by atoms with van der Waals surface area (Å²) in [5, 5.41) is 3.90. The Bertz CT molecular complexity index is 395. The molecule has 0 atom stereocenters. The lowest BCUT2D eigenvalue weighted by Crippen LogP contribution is -2.36. The fraction of sp³-hybridized carbons (Fsp3) is 0.462. The van der Waals surface area contributed by atoms with E-state index < -0.39 is 0 Å². The van der Waals surface area contributed by atoms with Crippen molar-refractivity contribution in [3.8, 4) is 0 Å². The first kappa shape index (κ1) is 12.4. The van der Waals surface area contributed by atoms with Gasteiger partial charge in [0, 0.05) is 18.1 Å². The van der Waals surface area contributed by atoms with Gasteiger partial charge in [-0.1, -0.05) is 29.8 Å². The van der Waals surface area contributed by atoms with Gasteiger partial charge in [-0.3, -0.25) is 4.79 Å². The molecule has 1 heterocycles. The highest BCUT2D eigenvalue weighted by atomic mass is 35.5. The van der Waals surface area contributed by atoms with E-state index >= 15 is 0 Å². The number of hydrogen-bond acceptors (Lipinski definition) is 2. The molecule has 0 aromatic heterocycles. The second kappa shape index (κ2) is 6.03. The van der Waals surface area contributed by atoms with Gasteiger partial charge in [-0.25, -0.2) is 0 Å². The number of nitrogens with one attached hydrogen (secondary N) is 1. The second-order valence-electron chi connectivity index (χ2n) is 4.25. The monoisotopic (exact) mass is 252 g/mol. The number of rotatable bonds is 3. The van der Waals surface area contributed by atoms with Crippen molar-refractivity contribution in [1.82, 2.24) is 10.2 Å². The molecule has 1 fully saturated rings. The first-order valence-electron chi connectivity index (χ1n) is 5.99. The third kappa shape index (κ3) is 3.45. The third-order valence-corrected chi connectivity index (χ3v) is 3.39. The molecule has 1 aliphatic heterocycles. The molecule has 0 unspecified atom stereocenters. The van der Waals surface area contributed by atoms with Gasteiger partial charge in [0.1, 0.15) is 0 Å². The molecule has 2 rings (SSSR count). The number of amides is 1. The minimum absolute atomic E-state index is 0.189. The van der Waals surface area contributed by atoms with E-state index in [1.165, 1.54) is 0 Å². The average Bonchev–Trinajstić information content (AvgIpc) is 2.53. The molecule has 1 amide bonds. The van der Waals surface area contributed by atoms with E-state index in [1.807, 2.05) is 29.2 Å². The Kier molecular flexibility index (Phi) is 4.40. The van der Waals surface area contributed by atoms with Crippen LogP contribution in [0.1, 0.15) is 12.0 Å². The van der Waals surface area contributed by atoms with Crippen molar-refractivity contribution < 1.29 is 4.79 Å². The maximum atomic E-state index is 11.8. The van der Waals surface area contributed by atoms with Gasteiger partial charge in [0.05, 0.1) is 6.54 Å². The van der Waals surface area contributed by atoms with Crippen LogP contribution in [0.3, 0.4) is 0 Å². The molecule has 0 bridgehead atoms. The van der Waals surface area contributed by atoms with Crippen molar-refractivity contribution >= 4 is 17.5 Å². The smallest absolute Gasteiger partial charge is 0.236 e. The average molecular weight is 253 g/mol. The quantitative estimate of drug-likeness (QED) is 0.888. The first-order valence-corrected chi connectivity index (χ1v) is 6.37. The summed E-state index contributed by atoms with van der Waals surface area (Å²) in [5.41, 5.74) is 1.11. The molecule has 0 aliphatic carbocycles. The van der Waals surface area contributed by atoms with Crippen molar-refractivity contribution in [1.29, 1.82) is 0 Å². The molecule has 4 heteroatoms. The van der Waals surface area contributed by atoms with Crippen molar-refractivity contribution in [3.05, 3.63) is 34.9 Å². The van der Waals surface area contributed by atoms with Gasteiger partial charge < -0.3 is 10.2 Å². The zero-order valence-corrected chi connectivity index (χ0v) is 10.5. The Morgan fingerprint density at radius 1 is 1.35 bits per heavy atom. The molecule has 1 aromatic carbocycles. The molecule has 3 nitrogen and oxygen atoms in total. The zero-order valence-electron chi connectivity index (χ0n) is 9.79. The Hall–Kier alpha value is -1.06. The Morgan fingerprint density at radius 3 is 3.00 bits per heavy atom. The molecule has 1 aromatic rings. The first-order chi connectivity index (χ1) is 8.27. The summed E-state index contributed by atoms with van der Waals surface area (Å²) in [7, 11) is 0. The van der Waals surface area contributed by atoms with E-state index in [2.05, 4.69) is 5.32 Å². The normalized spacial score (nSPS) is 17.0. The van der Waals surface area contributed by atoms with Crippen LogP contribution in [0.4, 0.5) is 0 Å². The molecule has 0 radical (unpaired) electrons. The van der Waals surface area contributed by atoms with E-state index in [4.69, 9.17) is 11.6 Å². The standard InChI is InChI=1S/C13H17ClN2O/c14-12-5-2-1-4-11(12)6-9-16-8-3-7-15-10-13(16)17/h1-2,4-5,15H,3,6-10H2. The Labute approximate surface area is 107 Å². The molecule has 1 saturated heterocycles. The number of halogens is 1. The molecular formula is C13H17ClN2O. The van der Waals surface area contributed by atoms with Gasteiger partial charge in [0.25, 0.3) is 0 Å². The summed E-state index contributed by atoms with van der Waals surface area (Å²) in [6.07, 6.45) is 1.85. The zero-order chi connectivity index (χ0) is 12.1. The topological polar surface area (TPSA) is 32.3 Å². The number of nitrogens with zero attached hydrogens (tertiary/aromatic N) is 1. The van der Waals surface area contributed by atoms with Gasteiger partial charge in [-0.2, -0.15) is 0 Å². The van der Waals surface area contributed by atoms with E-state index in [-0.39, 0.29) is 5.91 Å². The second-order valence-corrected chi connectivity index (χ2v) is 4.66. The predicted octanol–water partition coefficient (Wildman–Crippen LogP) is 1.70.